The number of para-hydroxylation sites is 2. The van der Waals surface area contributed by atoms with Crippen LogP contribution < -0.4 is 23.7 Å². The largest absolute Gasteiger partial charge is 0.490 e. The zero-order valence-electron chi connectivity index (χ0n) is 15.3. The quantitative estimate of drug-likeness (QED) is 0.742. The molecule has 27 heavy (non-hydrogen) atoms. The zero-order chi connectivity index (χ0) is 19.3. The van der Waals surface area contributed by atoms with Crippen LogP contribution in [0.15, 0.2) is 47.4 Å². The van der Waals surface area contributed by atoms with E-state index in [9.17, 15) is 8.42 Å². The molecule has 0 saturated heterocycles. The predicted molar refractivity (Wildman–Crippen MR) is 100 cm³/mol. The minimum Gasteiger partial charge on any atom is -0.490 e. The first-order valence-electron chi connectivity index (χ1n) is 8.81. The summed E-state index contributed by atoms with van der Waals surface area (Å²) in [4.78, 5) is 0.103. The molecule has 0 saturated carbocycles. The van der Waals surface area contributed by atoms with E-state index in [4.69, 9.17) is 18.9 Å². The van der Waals surface area contributed by atoms with Gasteiger partial charge in [0.2, 0.25) is 10.0 Å². The van der Waals surface area contributed by atoms with Gasteiger partial charge in [0, 0.05) is 6.07 Å². The predicted octanol–water partition coefficient (Wildman–Crippen LogP) is 2.60. The lowest BCUT2D eigenvalue weighted by Gasteiger charge is -2.26. The van der Waals surface area contributed by atoms with Crippen LogP contribution in [0.5, 0.6) is 23.0 Å². The molecule has 0 aliphatic carbocycles. The Morgan fingerprint density at radius 2 is 1.74 bits per heavy atom. The Hall–Kier alpha value is -2.45. The molecule has 2 aromatic carbocycles. The van der Waals surface area contributed by atoms with Crippen molar-refractivity contribution < 1.29 is 27.4 Å². The summed E-state index contributed by atoms with van der Waals surface area (Å²) in [5.74, 6) is 2.17. The van der Waals surface area contributed by atoms with Crippen LogP contribution in [-0.2, 0) is 10.0 Å². The number of rotatable bonds is 8. The average molecular weight is 393 g/mol. The van der Waals surface area contributed by atoms with Crippen LogP contribution in [0.2, 0.25) is 0 Å². The van der Waals surface area contributed by atoms with Crippen molar-refractivity contribution in [2.75, 3.05) is 26.4 Å². The van der Waals surface area contributed by atoms with Crippen molar-refractivity contribution in [3.8, 4) is 23.0 Å². The summed E-state index contributed by atoms with van der Waals surface area (Å²) in [5, 5.41) is 0. The van der Waals surface area contributed by atoms with E-state index in [0.29, 0.717) is 36.2 Å². The third kappa shape index (κ3) is 4.64. The van der Waals surface area contributed by atoms with Gasteiger partial charge in [-0.3, -0.25) is 0 Å². The fourth-order valence-corrected chi connectivity index (χ4v) is 3.73. The summed E-state index contributed by atoms with van der Waals surface area (Å²) in [6, 6.07) is 11.8. The molecule has 0 spiro atoms. The molecule has 146 valence electrons. The molecule has 0 unspecified atom stereocenters. The fraction of sp³-hybridized carbons (Fsp3) is 0.368. The number of nitrogens with one attached hydrogen (secondary N) is 1. The van der Waals surface area contributed by atoms with Gasteiger partial charge >= 0.3 is 0 Å². The van der Waals surface area contributed by atoms with Gasteiger partial charge in [-0.05, 0) is 38.1 Å². The molecular weight excluding hydrogens is 370 g/mol. The lowest BCUT2D eigenvalue weighted by molar-refractivity contribution is 0.0943. The van der Waals surface area contributed by atoms with Crippen LogP contribution in [0.25, 0.3) is 0 Å². The Morgan fingerprint density at radius 3 is 2.48 bits per heavy atom. The van der Waals surface area contributed by atoms with E-state index < -0.39 is 16.1 Å². The maximum Gasteiger partial charge on any atom is 0.240 e. The summed E-state index contributed by atoms with van der Waals surface area (Å²) in [6.45, 7) is 4.91. The van der Waals surface area contributed by atoms with Crippen LogP contribution >= 0.6 is 0 Å². The fourth-order valence-electron chi connectivity index (χ4n) is 2.65. The molecule has 2 aromatic rings. The highest BCUT2D eigenvalue weighted by Gasteiger charge is 2.24. The summed E-state index contributed by atoms with van der Waals surface area (Å²) in [7, 11) is -3.73. The first kappa shape index (κ1) is 19.3. The SMILES string of the molecule is CCOc1ccc(S(=O)(=O)NC[C@@H]2COc3ccccc3O2)cc1OCC. The van der Waals surface area contributed by atoms with Gasteiger partial charge in [0.05, 0.1) is 24.7 Å². The van der Waals surface area contributed by atoms with Crippen LogP contribution in [0.4, 0.5) is 0 Å². The van der Waals surface area contributed by atoms with E-state index in [2.05, 4.69) is 4.72 Å². The molecule has 0 amide bonds. The van der Waals surface area contributed by atoms with E-state index in [0.717, 1.165) is 0 Å². The Bertz CT molecular complexity index is 884. The van der Waals surface area contributed by atoms with Gasteiger partial charge in [-0.25, -0.2) is 13.1 Å². The number of hydrogen-bond acceptors (Lipinski definition) is 6. The summed E-state index contributed by atoms with van der Waals surface area (Å²) < 4.78 is 50.2. The third-order valence-corrected chi connectivity index (χ3v) is 5.31. The van der Waals surface area contributed by atoms with Gasteiger partial charge < -0.3 is 18.9 Å². The van der Waals surface area contributed by atoms with Gasteiger partial charge in [-0.1, -0.05) is 12.1 Å². The van der Waals surface area contributed by atoms with Crippen LogP contribution in [0.3, 0.4) is 0 Å². The summed E-state index contributed by atoms with van der Waals surface area (Å²) in [5.41, 5.74) is 0. The van der Waals surface area contributed by atoms with E-state index in [1.165, 1.54) is 12.1 Å². The number of benzene rings is 2. The number of sulfonamides is 1. The normalized spacial score (nSPS) is 16.0. The minimum atomic E-state index is -3.73. The molecule has 8 heteroatoms. The van der Waals surface area contributed by atoms with Gasteiger partial charge in [-0.2, -0.15) is 0 Å². The molecule has 1 N–H and O–H groups in total. The van der Waals surface area contributed by atoms with Crippen molar-refractivity contribution >= 4 is 10.0 Å². The molecule has 3 rings (SSSR count). The topological polar surface area (TPSA) is 83.1 Å². The summed E-state index contributed by atoms with van der Waals surface area (Å²) in [6.07, 6.45) is -0.413. The molecule has 0 bridgehead atoms. The Balaban J connectivity index is 1.69. The van der Waals surface area contributed by atoms with E-state index in [1.807, 2.05) is 32.0 Å². The Morgan fingerprint density at radius 1 is 1.04 bits per heavy atom. The highest BCUT2D eigenvalue weighted by Crippen LogP contribution is 2.32. The maximum absolute atomic E-state index is 12.6. The number of ether oxygens (including phenoxy) is 4. The molecule has 1 atom stereocenters. The second kappa shape index (κ2) is 8.49. The average Bonchev–Trinajstić information content (AvgIpc) is 2.68. The third-order valence-electron chi connectivity index (χ3n) is 3.89. The number of hydrogen-bond donors (Lipinski definition) is 1. The Labute approximate surface area is 159 Å². The molecule has 1 aliphatic heterocycles. The molecule has 1 heterocycles. The lowest BCUT2D eigenvalue weighted by Crippen LogP contribution is -2.40. The second-order valence-corrected chi connectivity index (χ2v) is 7.59. The second-order valence-electron chi connectivity index (χ2n) is 5.82. The van der Waals surface area contributed by atoms with Crippen molar-refractivity contribution in [2.24, 2.45) is 0 Å². The van der Waals surface area contributed by atoms with Gasteiger partial charge in [-0.15, -0.1) is 0 Å². The van der Waals surface area contributed by atoms with E-state index in [1.54, 1.807) is 12.1 Å². The molecule has 1 aliphatic rings. The van der Waals surface area contributed by atoms with E-state index in [-0.39, 0.29) is 18.0 Å². The first-order chi connectivity index (χ1) is 13.0. The van der Waals surface area contributed by atoms with Crippen molar-refractivity contribution in [1.29, 1.82) is 0 Å². The zero-order valence-corrected chi connectivity index (χ0v) is 16.1. The van der Waals surface area contributed by atoms with Crippen molar-refractivity contribution in [2.45, 2.75) is 24.8 Å². The lowest BCUT2D eigenvalue weighted by atomic mass is 10.2. The highest BCUT2D eigenvalue weighted by molar-refractivity contribution is 7.89. The molecule has 0 aromatic heterocycles. The molecule has 0 radical (unpaired) electrons. The summed E-state index contributed by atoms with van der Waals surface area (Å²) >= 11 is 0. The smallest absolute Gasteiger partial charge is 0.240 e. The van der Waals surface area contributed by atoms with Crippen LogP contribution in [0, 0.1) is 0 Å². The standard InChI is InChI=1S/C19H23NO6S/c1-3-23-17-10-9-15(11-19(17)24-4-2)27(21,22)20-12-14-13-25-16-7-5-6-8-18(16)26-14/h5-11,14,20H,3-4,12-13H2,1-2H3/t14-/m1/s1. The van der Waals surface area contributed by atoms with Gasteiger partial charge in [0.25, 0.3) is 0 Å². The van der Waals surface area contributed by atoms with Crippen molar-refractivity contribution in [3.63, 3.8) is 0 Å². The van der Waals surface area contributed by atoms with Gasteiger partial charge in [0.15, 0.2) is 23.0 Å². The van der Waals surface area contributed by atoms with Crippen LogP contribution in [-0.4, -0.2) is 40.9 Å². The van der Waals surface area contributed by atoms with Gasteiger partial charge in [0.1, 0.15) is 12.7 Å². The van der Waals surface area contributed by atoms with Crippen molar-refractivity contribution in [3.05, 3.63) is 42.5 Å². The molecule has 0 fully saturated rings. The van der Waals surface area contributed by atoms with Crippen molar-refractivity contribution in [1.82, 2.24) is 4.72 Å². The Kier molecular flexibility index (Phi) is 6.08. The number of fused-ring (bicyclic) bond motifs is 1. The highest BCUT2D eigenvalue weighted by atomic mass is 32.2. The monoisotopic (exact) mass is 393 g/mol. The maximum atomic E-state index is 12.6. The minimum absolute atomic E-state index is 0.0911. The first-order valence-corrected chi connectivity index (χ1v) is 10.3. The molecule has 7 nitrogen and oxygen atoms in total. The van der Waals surface area contributed by atoms with Crippen LogP contribution in [0.1, 0.15) is 13.8 Å². The van der Waals surface area contributed by atoms with E-state index >= 15 is 0 Å². The molecular formula is C19H23NO6S.